The van der Waals surface area contributed by atoms with Crippen LogP contribution in [0, 0.1) is 0 Å². The SMILES string of the molecule is CCN(CC)c1ccnc(C2CNCCN2)c1N(CC)CC. The Kier molecular flexibility index (Phi) is 6.46. The summed E-state index contributed by atoms with van der Waals surface area (Å²) >= 11 is 0. The molecule has 0 bridgehead atoms. The minimum absolute atomic E-state index is 0.292. The van der Waals surface area contributed by atoms with Gasteiger partial charge in [0.2, 0.25) is 0 Å². The summed E-state index contributed by atoms with van der Waals surface area (Å²) in [4.78, 5) is 9.62. The standard InChI is InChI=1S/C17H31N5/c1-5-21(6-2)15-9-10-20-16(14-13-18-11-12-19-14)17(15)22(7-3)8-4/h9-10,14,18-19H,5-8,11-13H2,1-4H3. The third-order valence-electron chi connectivity index (χ3n) is 4.49. The summed E-state index contributed by atoms with van der Waals surface area (Å²) in [6.45, 7) is 15.9. The molecule has 0 saturated carbocycles. The normalized spacial score (nSPS) is 18.3. The fraction of sp³-hybridized carbons (Fsp3) is 0.706. The van der Waals surface area contributed by atoms with Crippen LogP contribution in [0.4, 0.5) is 11.4 Å². The quantitative estimate of drug-likeness (QED) is 0.807. The molecule has 2 heterocycles. The average molecular weight is 305 g/mol. The van der Waals surface area contributed by atoms with E-state index in [1.54, 1.807) is 0 Å². The van der Waals surface area contributed by atoms with Gasteiger partial charge in [-0.25, -0.2) is 0 Å². The van der Waals surface area contributed by atoms with Crippen molar-refractivity contribution in [3.8, 4) is 0 Å². The van der Waals surface area contributed by atoms with Crippen LogP contribution in [-0.2, 0) is 0 Å². The fourth-order valence-electron chi connectivity index (χ4n) is 3.24. The Balaban J connectivity index is 2.49. The second kappa shape index (κ2) is 8.34. The van der Waals surface area contributed by atoms with E-state index in [4.69, 9.17) is 4.98 Å². The first-order chi connectivity index (χ1) is 10.8. The van der Waals surface area contributed by atoms with Gasteiger partial charge in [0, 0.05) is 52.0 Å². The third kappa shape index (κ3) is 3.52. The van der Waals surface area contributed by atoms with Gasteiger partial charge >= 0.3 is 0 Å². The van der Waals surface area contributed by atoms with Gasteiger partial charge in [0.1, 0.15) is 0 Å². The van der Waals surface area contributed by atoms with Crippen LogP contribution in [0.1, 0.15) is 39.4 Å². The first-order valence-corrected chi connectivity index (χ1v) is 8.69. The van der Waals surface area contributed by atoms with Gasteiger partial charge in [-0.05, 0) is 33.8 Å². The van der Waals surface area contributed by atoms with E-state index in [-0.39, 0.29) is 0 Å². The Morgan fingerprint density at radius 3 is 2.27 bits per heavy atom. The molecule has 0 aliphatic carbocycles. The van der Waals surface area contributed by atoms with Crippen molar-refractivity contribution in [3.63, 3.8) is 0 Å². The molecule has 1 unspecified atom stereocenters. The highest BCUT2D eigenvalue weighted by molar-refractivity contribution is 5.74. The molecule has 5 heteroatoms. The van der Waals surface area contributed by atoms with E-state index in [0.29, 0.717) is 6.04 Å². The van der Waals surface area contributed by atoms with E-state index in [9.17, 15) is 0 Å². The van der Waals surface area contributed by atoms with Crippen LogP contribution in [0.25, 0.3) is 0 Å². The van der Waals surface area contributed by atoms with Crippen LogP contribution < -0.4 is 20.4 Å². The Labute approximate surface area is 135 Å². The maximum atomic E-state index is 4.76. The van der Waals surface area contributed by atoms with Gasteiger partial charge in [0.05, 0.1) is 23.1 Å². The molecule has 0 spiro atoms. The van der Waals surface area contributed by atoms with Gasteiger partial charge in [-0.2, -0.15) is 0 Å². The van der Waals surface area contributed by atoms with E-state index < -0.39 is 0 Å². The molecule has 124 valence electrons. The lowest BCUT2D eigenvalue weighted by Crippen LogP contribution is -2.44. The first-order valence-electron chi connectivity index (χ1n) is 8.69. The predicted molar refractivity (Wildman–Crippen MR) is 95.0 cm³/mol. The van der Waals surface area contributed by atoms with Crippen molar-refractivity contribution in [2.24, 2.45) is 0 Å². The number of nitrogens with zero attached hydrogens (tertiary/aromatic N) is 3. The minimum Gasteiger partial charge on any atom is -0.370 e. The summed E-state index contributed by atoms with van der Waals surface area (Å²) in [7, 11) is 0. The van der Waals surface area contributed by atoms with Gasteiger partial charge < -0.3 is 20.4 Å². The highest BCUT2D eigenvalue weighted by atomic mass is 15.2. The molecule has 5 nitrogen and oxygen atoms in total. The molecular formula is C17H31N5. The van der Waals surface area contributed by atoms with Gasteiger partial charge in [-0.3, -0.25) is 4.98 Å². The second-order valence-electron chi connectivity index (χ2n) is 5.62. The van der Waals surface area contributed by atoms with E-state index in [0.717, 1.165) is 45.8 Å². The topological polar surface area (TPSA) is 43.4 Å². The summed E-state index contributed by atoms with van der Waals surface area (Å²) in [5.41, 5.74) is 3.80. The molecule has 0 amide bonds. The number of aromatic nitrogens is 1. The van der Waals surface area contributed by atoms with E-state index in [2.05, 4.69) is 54.2 Å². The molecule has 1 fully saturated rings. The van der Waals surface area contributed by atoms with Gasteiger partial charge in [-0.15, -0.1) is 0 Å². The predicted octanol–water partition coefficient (Wildman–Crippen LogP) is 2.01. The lowest BCUT2D eigenvalue weighted by molar-refractivity contribution is 0.423. The van der Waals surface area contributed by atoms with E-state index in [1.165, 1.54) is 17.1 Å². The van der Waals surface area contributed by atoms with Crippen molar-refractivity contribution in [1.29, 1.82) is 0 Å². The van der Waals surface area contributed by atoms with Crippen LogP contribution in [0.5, 0.6) is 0 Å². The van der Waals surface area contributed by atoms with Crippen molar-refractivity contribution in [2.75, 3.05) is 55.6 Å². The maximum absolute atomic E-state index is 4.76. The molecule has 1 aliphatic heterocycles. The molecule has 1 aliphatic rings. The van der Waals surface area contributed by atoms with Crippen molar-refractivity contribution in [2.45, 2.75) is 33.7 Å². The molecule has 0 aromatic carbocycles. The number of anilines is 2. The average Bonchev–Trinajstić information content (AvgIpc) is 2.58. The summed E-state index contributed by atoms with van der Waals surface area (Å²) in [6, 6.07) is 2.46. The molecule has 2 rings (SSSR count). The number of pyridine rings is 1. The smallest absolute Gasteiger partial charge is 0.0840 e. The lowest BCUT2D eigenvalue weighted by Gasteiger charge is -2.34. The summed E-state index contributed by atoms with van der Waals surface area (Å²) in [5.74, 6) is 0. The van der Waals surface area contributed by atoms with Gasteiger partial charge in [0.25, 0.3) is 0 Å². The Morgan fingerprint density at radius 1 is 1.05 bits per heavy atom. The molecular weight excluding hydrogens is 274 g/mol. The number of hydrogen-bond donors (Lipinski definition) is 2. The summed E-state index contributed by atoms with van der Waals surface area (Å²) in [5, 5.41) is 7.09. The number of rotatable bonds is 7. The first kappa shape index (κ1) is 17.0. The van der Waals surface area contributed by atoms with Crippen molar-refractivity contribution in [3.05, 3.63) is 18.0 Å². The zero-order valence-corrected chi connectivity index (χ0v) is 14.5. The minimum atomic E-state index is 0.292. The fourth-order valence-corrected chi connectivity index (χ4v) is 3.24. The molecule has 22 heavy (non-hydrogen) atoms. The molecule has 0 radical (unpaired) electrons. The van der Waals surface area contributed by atoms with Crippen LogP contribution in [-0.4, -0.2) is 50.8 Å². The maximum Gasteiger partial charge on any atom is 0.0840 e. The Hall–Kier alpha value is -1.33. The van der Waals surface area contributed by atoms with Crippen LogP contribution in [0.2, 0.25) is 0 Å². The Bertz CT molecular complexity index is 448. The summed E-state index contributed by atoms with van der Waals surface area (Å²) < 4.78 is 0. The van der Waals surface area contributed by atoms with Crippen molar-refractivity contribution < 1.29 is 0 Å². The van der Waals surface area contributed by atoms with Crippen molar-refractivity contribution in [1.82, 2.24) is 15.6 Å². The number of piperazine rings is 1. The highest BCUT2D eigenvalue weighted by Crippen LogP contribution is 2.35. The molecule has 1 saturated heterocycles. The van der Waals surface area contributed by atoms with Crippen LogP contribution in [0.3, 0.4) is 0 Å². The van der Waals surface area contributed by atoms with Crippen molar-refractivity contribution >= 4 is 11.4 Å². The zero-order valence-electron chi connectivity index (χ0n) is 14.5. The van der Waals surface area contributed by atoms with E-state index >= 15 is 0 Å². The Morgan fingerprint density at radius 2 is 1.73 bits per heavy atom. The second-order valence-corrected chi connectivity index (χ2v) is 5.62. The molecule has 1 aromatic rings. The molecule has 1 aromatic heterocycles. The van der Waals surface area contributed by atoms with Gasteiger partial charge in [0.15, 0.2) is 0 Å². The largest absolute Gasteiger partial charge is 0.370 e. The van der Waals surface area contributed by atoms with E-state index in [1.807, 2.05) is 6.20 Å². The van der Waals surface area contributed by atoms with Gasteiger partial charge in [-0.1, -0.05) is 0 Å². The molecule has 2 N–H and O–H groups in total. The zero-order chi connectivity index (χ0) is 15.9. The van der Waals surface area contributed by atoms with Crippen LogP contribution >= 0.6 is 0 Å². The number of hydrogen-bond acceptors (Lipinski definition) is 5. The highest BCUT2D eigenvalue weighted by Gasteiger charge is 2.24. The monoisotopic (exact) mass is 305 g/mol. The summed E-state index contributed by atoms with van der Waals surface area (Å²) in [6.07, 6.45) is 1.96. The molecule has 1 atom stereocenters. The number of nitrogens with one attached hydrogen (secondary N) is 2. The lowest BCUT2D eigenvalue weighted by atomic mass is 10.1. The third-order valence-corrected chi connectivity index (χ3v) is 4.49. The van der Waals surface area contributed by atoms with Crippen LogP contribution in [0.15, 0.2) is 12.3 Å².